The van der Waals surface area contributed by atoms with E-state index < -0.39 is 4.11 Å². The van der Waals surface area contributed by atoms with Crippen molar-refractivity contribution < 1.29 is 8.91 Å². The van der Waals surface area contributed by atoms with Crippen molar-refractivity contribution in [2.45, 2.75) is 6.54 Å². The lowest BCUT2D eigenvalue weighted by Gasteiger charge is -2.13. The molecule has 0 aromatic heterocycles. The fourth-order valence-corrected chi connectivity index (χ4v) is 1.53. The third kappa shape index (κ3) is 1.93. The van der Waals surface area contributed by atoms with Crippen LogP contribution in [0.25, 0.3) is 0 Å². The monoisotopic (exact) mass is 223 g/mol. The topological polar surface area (TPSA) is 54.1 Å². The number of amidine groups is 1. The highest BCUT2D eigenvalue weighted by Crippen LogP contribution is 2.24. The molecule has 0 aliphatic carbocycles. The maximum atomic E-state index is 10.7. The lowest BCUT2D eigenvalue weighted by atomic mass is 10.2. The minimum Gasteiger partial charge on any atom is -0.290 e. The van der Waals surface area contributed by atoms with Gasteiger partial charge in [-0.2, -0.15) is 0 Å². The summed E-state index contributed by atoms with van der Waals surface area (Å²) in [5.41, 5.74) is 0.961. The Morgan fingerprint density at radius 3 is 2.73 bits per heavy atom. The normalized spacial score (nSPS) is 23.9. The average Bonchev–Trinajstić information content (AvgIpc) is 2.60. The molecule has 0 bridgehead atoms. The van der Waals surface area contributed by atoms with Gasteiger partial charge in [-0.05, 0) is 4.11 Å². The van der Waals surface area contributed by atoms with Gasteiger partial charge in [-0.3, -0.25) is 4.79 Å². The Labute approximate surface area is 91.3 Å². The van der Waals surface area contributed by atoms with E-state index in [9.17, 15) is 4.79 Å². The molecule has 0 saturated heterocycles. The van der Waals surface area contributed by atoms with Gasteiger partial charge in [0.1, 0.15) is 0 Å². The maximum absolute atomic E-state index is 10.7. The summed E-state index contributed by atoms with van der Waals surface area (Å²) in [6.45, 7) is 0.351. The quantitative estimate of drug-likeness (QED) is 0.572. The van der Waals surface area contributed by atoms with Crippen LogP contribution in [0.5, 0.6) is 0 Å². The zero-order valence-electron chi connectivity index (χ0n) is 7.75. The number of carbonyl (C=O) groups is 1. The summed E-state index contributed by atoms with van der Waals surface area (Å²) in [7, 11) is 0. The molecule has 1 aromatic rings. The van der Waals surface area contributed by atoms with Gasteiger partial charge < -0.3 is 0 Å². The van der Waals surface area contributed by atoms with E-state index in [1.807, 2.05) is 30.3 Å². The van der Waals surface area contributed by atoms with Gasteiger partial charge in [-0.1, -0.05) is 35.4 Å². The molecule has 0 spiro atoms. The summed E-state index contributed by atoms with van der Waals surface area (Å²) in [5, 5.41) is 10.7. The number of hydrogen-bond donors (Lipinski definition) is 0. The largest absolute Gasteiger partial charge is 0.335 e. The van der Waals surface area contributed by atoms with E-state index in [1.165, 1.54) is 0 Å². The Balaban J connectivity index is 2.22. The first-order valence-corrected chi connectivity index (χ1v) is 4.66. The van der Waals surface area contributed by atoms with Crippen molar-refractivity contribution in [3.63, 3.8) is 0 Å². The molecule has 0 amide bonds. The van der Waals surface area contributed by atoms with Crippen molar-refractivity contribution in [2.75, 3.05) is 0 Å². The number of benzene rings is 1. The molecule has 0 fully saturated rings. The van der Waals surface area contributed by atoms with E-state index in [4.69, 9.17) is 11.8 Å². The lowest BCUT2D eigenvalue weighted by Crippen LogP contribution is -2.36. The van der Waals surface area contributed by atoms with Gasteiger partial charge in [0.25, 0.3) is 0 Å². The van der Waals surface area contributed by atoms with E-state index in [0.717, 1.165) is 5.56 Å². The molecule has 0 radical (unpaired) electrons. The molecule has 6 heteroatoms. The zero-order valence-corrected chi connectivity index (χ0v) is 8.50. The highest BCUT2D eigenvalue weighted by molar-refractivity contribution is 6.30. The third-order valence-electron chi connectivity index (χ3n) is 2.02. The second-order valence-electron chi connectivity index (χ2n) is 3.08. The Morgan fingerprint density at radius 2 is 2.07 bits per heavy atom. The number of quaternary nitrogens is 1. The summed E-state index contributed by atoms with van der Waals surface area (Å²) in [6, 6.07) is 9.49. The number of nitrogens with zero attached hydrogens (tertiary/aromatic N) is 4. The first-order valence-electron chi connectivity index (χ1n) is 4.32. The molecule has 1 atom stereocenters. The van der Waals surface area contributed by atoms with Crippen molar-refractivity contribution in [3.8, 4) is 0 Å². The Morgan fingerprint density at radius 1 is 1.33 bits per heavy atom. The number of carbonyl (C=O) groups excluding carboxylic acids is 1. The first kappa shape index (κ1) is 9.95. The first-order chi connectivity index (χ1) is 7.24. The Hall–Kier alpha value is -1.59. The second kappa shape index (κ2) is 3.88. The molecule has 1 unspecified atom stereocenters. The zero-order chi connectivity index (χ0) is 10.7. The van der Waals surface area contributed by atoms with E-state index >= 15 is 0 Å². The van der Waals surface area contributed by atoms with Crippen LogP contribution in [0.2, 0.25) is 0 Å². The van der Waals surface area contributed by atoms with E-state index in [0.29, 0.717) is 12.8 Å². The van der Waals surface area contributed by atoms with Gasteiger partial charge in [0.2, 0.25) is 18.1 Å². The fourth-order valence-electron chi connectivity index (χ4n) is 1.29. The van der Waals surface area contributed by atoms with Crippen LogP contribution in [0.4, 0.5) is 0 Å². The Kier molecular flexibility index (Phi) is 2.57. The standard InChI is InChI=1S/C9H8ClN4O/c10-14(9(7-15)11-12-13-14)6-8-4-2-1-3-5-8/h1-5,7H,6H2/q+1. The van der Waals surface area contributed by atoms with Crippen LogP contribution in [0, 0.1) is 0 Å². The van der Waals surface area contributed by atoms with Crippen LogP contribution >= 0.6 is 11.8 Å². The smallest absolute Gasteiger partial charge is 0.290 e. The van der Waals surface area contributed by atoms with Gasteiger partial charge in [0, 0.05) is 10.8 Å². The van der Waals surface area contributed by atoms with Gasteiger partial charge in [-0.25, -0.2) is 0 Å². The number of hydrogen-bond acceptors (Lipinski definition) is 4. The molecule has 1 aliphatic rings. The molecule has 1 aliphatic heterocycles. The van der Waals surface area contributed by atoms with E-state index in [1.54, 1.807) is 0 Å². The maximum Gasteiger partial charge on any atom is 0.335 e. The molecule has 1 heterocycles. The van der Waals surface area contributed by atoms with Crippen LogP contribution in [0.3, 0.4) is 0 Å². The van der Waals surface area contributed by atoms with Crippen LogP contribution in [-0.2, 0) is 11.3 Å². The minimum atomic E-state index is -0.437. The van der Waals surface area contributed by atoms with Gasteiger partial charge in [0.15, 0.2) is 6.54 Å². The highest BCUT2D eigenvalue weighted by Gasteiger charge is 2.39. The van der Waals surface area contributed by atoms with Crippen molar-refractivity contribution in [3.05, 3.63) is 35.9 Å². The van der Waals surface area contributed by atoms with Gasteiger partial charge >= 0.3 is 5.84 Å². The molecule has 15 heavy (non-hydrogen) atoms. The number of halogens is 1. The van der Waals surface area contributed by atoms with Crippen molar-refractivity contribution in [1.82, 2.24) is 0 Å². The minimum absolute atomic E-state index is 0.0977. The SMILES string of the molecule is O=CC1=NN=N[N+]1(Cl)Cc1ccccc1. The summed E-state index contributed by atoms with van der Waals surface area (Å²) in [4.78, 5) is 10.7. The van der Waals surface area contributed by atoms with Crippen LogP contribution < -0.4 is 0 Å². The molecular formula is C9H8ClN4O+. The molecule has 5 nitrogen and oxygen atoms in total. The summed E-state index contributed by atoms with van der Waals surface area (Å²) >= 11 is 6.09. The summed E-state index contributed by atoms with van der Waals surface area (Å²) < 4.78 is -0.437. The molecule has 0 N–H and O–H groups in total. The van der Waals surface area contributed by atoms with E-state index in [2.05, 4.69) is 15.5 Å². The van der Waals surface area contributed by atoms with Crippen LogP contribution in [0.15, 0.2) is 45.9 Å². The molecule has 1 aromatic carbocycles. The molecular weight excluding hydrogens is 216 g/mol. The van der Waals surface area contributed by atoms with Gasteiger partial charge in [0.05, 0.1) is 5.22 Å². The van der Waals surface area contributed by atoms with Gasteiger partial charge in [-0.15, -0.1) is 0 Å². The predicted octanol–water partition coefficient (Wildman–Crippen LogP) is 2.05. The summed E-state index contributed by atoms with van der Waals surface area (Å²) in [5.74, 6) is 0.0977. The third-order valence-corrected chi connectivity index (χ3v) is 2.38. The van der Waals surface area contributed by atoms with Crippen molar-refractivity contribution in [2.24, 2.45) is 15.5 Å². The van der Waals surface area contributed by atoms with Crippen LogP contribution in [-0.4, -0.2) is 16.2 Å². The van der Waals surface area contributed by atoms with Crippen molar-refractivity contribution >= 4 is 23.9 Å². The van der Waals surface area contributed by atoms with Crippen LogP contribution in [0.1, 0.15) is 5.56 Å². The predicted molar refractivity (Wildman–Crippen MR) is 54.6 cm³/mol. The lowest BCUT2D eigenvalue weighted by molar-refractivity contribution is -0.740. The van der Waals surface area contributed by atoms with E-state index in [-0.39, 0.29) is 5.84 Å². The number of aldehydes is 1. The Bertz CT molecular complexity index is 431. The van der Waals surface area contributed by atoms with Crippen molar-refractivity contribution in [1.29, 1.82) is 0 Å². The molecule has 0 saturated carbocycles. The summed E-state index contributed by atoms with van der Waals surface area (Å²) in [6.07, 6.45) is 0.565. The molecule has 2 rings (SSSR count). The highest BCUT2D eigenvalue weighted by atomic mass is 35.5. The number of rotatable bonds is 3. The average molecular weight is 224 g/mol. The fraction of sp³-hybridized carbons (Fsp3) is 0.111. The second-order valence-corrected chi connectivity index (χ2v) is 3.64. The molecule has 76 valence electrons.